The van der Waals surface area contributed by atoms with Crippen molar-refractivity contribution in [1.82, 2.24) is 9.59 Å². The largest absolute Gasteiger partial charge is 0.453 e. The molecule has 17 heavy (non-hydrogen) atoms. The van der Waals surface area contributed by atoms with Crippen molar-refractivity contribution in [2.45, 2.75) is 0 Å². The minimum atomic E-state index is -0.272. The van der Waals surface area contributed by atoms with Gasteiger partial charge in [0.2, 0.25) is 5.78 Å². The molecule has 1 aromatic carbocycles. The number of ketones is 1. The zero-order valence-corrected chi connectivity index (χ0v) is 9.96. The van der Waals surface area contributed by atoms with Crippen LogP contribution in [0.4, 0.5) is 0 Å². The second-order valence-corrected chi connectivity index (χ2v) is 4.46. The van der Waals surface area contributed by atoms with Crippen molar-refractivity contribution in [1.29, 1.82) is 0 Å². The van der Waals surface area contributed by atoms with Crippen molar-refractivity contribution in [2.75, 3.05) is 0 Å². The molecule has 0 aliphatic heterocycles. The Morgan fingerprint density at radius 2 is 2.24 bits per heavy atom. The maximum atomic E-state index is 11.9. The molecule has 3 aromatic rings. The highest BCUT2D eigenvalue weighted by molar-refractivity contribution is 7.03. The number of nitrogens with zero attached hydrogens (tertiary/aromatic N) is 2. The van der Waals surface area contributed by atoms with Crippen LogP contribution >= 0.6 is 23.1 Å². The first kappa shape index (κ1) is 10.4. The first-order chi connectivity index (χ1) is 8.24. The highest BCUT2D eigenvalue weighted by atomic mass is 35.5. The van der Waals surface area contributed by atoms with Crippen molar-refractivity contribution in [3.8, 4) is 0 Å². The lowest BCUT2D eigenvalue weighted by Gasteiger charge is -1.89. The Morgan fingerprint density at radius 1 is 1.35 bits per heavy atom. The zero-order chi connectivity index (χ0) is 11.8. The third-order valence-corrected chi connectivity index (χ3v) is 3.03. The van der Waals surface area contributed by atoms with Gasteiger partial charge in [0.15, 0.2) is 5.76 Å². The van der Waals surface area contributed by atoms with Gasteiger partial charge in [0.05, 0.1) is 0 Å². The molecule has 0 radical (unpaired) electrons. The average Bonchev–Trinajstić information content (AvgIpc) is 2.96. The topological polar surface area (TPSA) is 56.0 Å². The van der Waals surface area contributed by atoms with Gasteiger partial charge in [-0.3, -0.25) is 4.79 Å². The van der Waals surface area contributed by atoms with Gasteiger partial charge in [-0.2, -0.15) is 0 Å². The summed E-state index contributed by atoms with van der Waals surface area (Å²) in [5.41, 5.74) is 0.918. The number of fused-ring (bicyclic) bond motifs is 1. The van der Waals surface area contributed by atoms with Crippen LogP contribution in [0.15, 0.2) is 34.1 Å². The average molecular weight is 265 g/mol. The molecule has 0 unspecified atom stereocenters. The van der Waals surface area contributed by atoms with E-state index in [2.05, 4.69) is 9.59 Å². The van der Waals surface area contributed by atoms with E-state index in [1.165, 1.54) is 0 Å². The van der Waals surface area contributed by atoms with E-state index in [-0.39, 0.29) is 11.5 Å². The summed E-state index contributed by atoms with van der Waals surface area (Å²) in [5, 5.41) is 6.70. The Kier molecular flexibility index (Phi) is 2.42. The van der Waals surface area contributed by atoms with Gasteiger partial charge in [0.1, 0.15) is 11.3 Å². The molecular weight excluding hydrogens is 260 g/mol. The third-order valence-electron chi connectivity index (χ3n) is 2.29. The number of hydrogen-bond acceptors (Lipinski definition) is 5. The summed E-state index contributed by atoms with van der Waals surface area (Å²) in [6.45, 7) is 0. The summed E-state index contributed by atoms with van der Waals surface area (Å²) in [4.78, 5) is 11.9. The van der Waals surface area contributed by atoms with Gasteiger partial charge in [-0.05, 0) is 35.8 Å². The van der Waals surface area contributed by atoms with Crippen LogP contribution in [-0.2, 0) is 0 Å². The molecule has 0 saturated carbocycles. The fraction of sp³-hybridized carbons (Fsp3) is 0. The molecule has 0 aliphatic carbocycles. The van der Waals surface area contributed by atoms with Crippen molar-refractivity contribution >= 4 is 39.9 Å². The molecule has 84 valence electrons. The van der Waals surface area contributed by atoms with Crippen molar-refractivity contribution in [3.63, 3.8) is 0 Å². The van der Waals surface area contributed by atoms with Crippen molar-refractivity contribution in [3.05, 3.63) is 46.1 Å². The Balaban J connectivity index is 2.09. The van der Waals surface area contributed by atoms with Crippen molar-refractivity contribution in [2.24, 2.45) is 0 Å². The fourth-order valence-electron chi connectivity index (χ4n) is 1.52. The summed E-state index contributed by atoms with van der Waals surface area (Å²) >= 11 is 6.99. The lowest BCUT2D eigenvalue weighted by molar-refractivity contribution is 0.101. The number of hydrogen-bond donors (Lipinski definition) is 0. The van der Waals surface area contributed by atoms with Crippen LogP contribution in [0, 0.1) is 0 Å². The van der Waals surface area contributed by atoms with Crippen LogP contribution in [-0.4, -0.2) is 15.4 Å². The van der Waals surface area contributed by atoms with Crippen molar-refractivity contribution < 1.29 is 9.21 Å². The Morgan fingerprint density at radius 3 is 3.00 bits per heavy atom. The number of rotatable bonds is 2. The third kappa shape index (κ3) is 1.83. The summed E-state index contributed by atoms with van der Waals surface area (Å²) in [7, 11) is 0. The SMILES string of the molecule is O=C(c1csnn1)c1cc2cc(Cl)ccc2o1. The molecule has 0 fully saturated rings. The number of aromatic nitrogens is 2. The van der Waals surface area contributed by atoms with Gasteiger partial charge in [-0.15, -0.1) is 5.10 Å². The maximum absolute atomic E-state index is 11.9. The number of carbonyl (C=O) groups excluding carboxylic acids is 1. The smallest absolute Gasteiger partial charge is 0.249 e. The van der Waals surface area contributed by atoms with E-state index in [4.69, 9.17) is 16.0 Å². The lowest BCUT2D eigenvalue weighted by Crippen LogP contribution is -1.99. The van der Waals surface area contributed by atoms with E-state index < -0.39 is 0 Å². The van der Waals surface area contributed by atoms with E-state index in [0.29, 0.717) is 16.3 Å². The second-order valence-electron chi connectivity index (χ2n) is 3.41. The van der Waals surface area contributed by atoms with E-state index >= 15 is 0 Å². The molecule has 6 heteroatoms. The standard InChI is InChI=1S/C11H5ClN2O2S/c12-7-1-2-9-6(3-7)4-10(16-9)11(15)8-5-17-14-13-8/h1-5H. The minimum Gasteiger partial charge on any atom is -0.453 e. The molecule has 0 saturated heterocycles. The van der Waals surface area contributed by atoms with Crippen LogP contribution < -0.4 is 0 Å². The van der Waals surface area contributed by atoms with E-state index in [1.807, 2.05) is 0 Å². The normalized spacial score (nSPS) is 10.9. The number of carbonyl (C=O) groups is 1. The van der Waals surface area contributed by atoms with E-state index in [0.717, 1.165) is 16.9 Å². The van der Waals surface area contributed by atoms with Gasteiger partial charge in [0.25, 0.3) is 0 Å². The Hall–Kier alpha value is -1.72. The van der Waals surface area contributed by atoms with Gasteiger partial charge in [-0.1, -0.05) is 16.1 Å². The highest BCUT2D eigenvalue weighted by Crippen LogP contribution is 2.24. The quantitative estimate of drug-likeness (QED) is 0.667. The van der Waals surface area contributed by atoms with E-state index in [1.54, 1.807) is 29.6 Å². The number of halogens is 1. The summed E-state index contributed by atoms with van der Waals surface area (Å²) in [6, 6.07) is 6.85. The minimum absolute atomic E-state index is 0.245. The molecular formula is C11H5ClN2O2S. The van der Waals surface area contributed by atoms with Crippen LogP contribution in [0.5, 0.6) is 0 Å². The molecule has 0 spiro atoms. The van der Waals surface area contributed by atoms with Gasteiger partial charge >= 0.3 is 0 Å². The van der Waals surface area contributed by atoms with Gasteiger partial charge < -0.3 is 4.42 Å². The molecule has 0 bridgehead atoms. The first-order valence-corrected chi connectivity index (χ1v) is 5.96. The highest BCUT2D eigenvalue weighted by Gasteiger charge is 2.16. The van der Waals surface area contributed by atoms with Crippen LogP contribution in [0.1, 0.15) is 16.2 Å². The number of benzene rings is 1. The predicted molar refractivity (Wildman–Crippen MR) is 64.6 cm³/mol. The number of furan rings is 1. The molecule has 0 amide bonds. The van der Waals surface area contributed by atoms with Crippen LogP contribution in [0.2, 0.25) is 5.02 Å². The first-order valence-electron chi connectivity index (χ1n) is 4.75. The Bertz CT molecular complexity index is 691. The zero-order valence-electron chi connectivity index (χ0n) is 8.38. The summed E-state index contributed by atoms with van der Waals surface area (Å²) in [5.74, 6) is -0.0268. The molecule has 0 N–H and O–H groups in total. The van der Waals surface area contributed by atoms with Gasteiger partial charge in [-0.25, -0.2) is 0 Å². The second kappa shape index (κ2) is 3.94. The predicted octanol–water partition coefficient (Wildman–Crippen LogP) is 3.17. The molecule has 0 aliphatic rings. The molecule has 4 nitrogen and oxygen atoms in total. The van der Waals surface area contributed by atoms with Crippen LogP contribution in [0.3, 0.4) is 0 Å². The molecule has 0 atom stereocenters. The maximum Gasteiger partial charge on any atom is 0.249 e. The van der Waals surface area contributed by atoms with Gasteiger partial charge in [0, 0.05) is 15.8 Å². The monoisotopic (exact) mass is 264 g/mol. The molecule has 2 aromatic heterocycles. The lowest BCUT2D eigenvalue weighted by atomic mass is 10.2. The Labute approximate surface area is 105 Å². The molecule has 3 rings (SSSR count). The fourth-order valence-corrected chi connectivity index (χ4v) is 2.13. The summed E-state index contributed by atoms with van der Waals surface area (Å²) < 4.78 is 9.08. The van der Waals surface area contributed by atoms with Crippen LogP contribution in [0.25, 0.3) is 11.0 Å². The molecule has 2 heterocycles. The van der Waals surface area contributed by atoms with E-state index in [9.17, 15) is 4.79 Å². The summed E-state index contributed by atoms with van der Waals surface area (Å²) in [6.07, 6.45) is 0.